The van der Waals surface area contributed by atoms with E-state index < -0.39 is 0 Å². The van der Waals surface area contributed by atoms with Gasteiger partial charge in [0.05, 0.1) is 0 Å². The molecular weight excluding hydrogens is 176 g/mol. The van der Waals surface area contributed by atoms with Crippen LogP contribution in [0.15, 0.2) is 24.5 Å². The Morgan fingerprint density at radius 3 is 2.55 bits per heavy atom. The van der Waals surface area contributed by atoms with Gasteiger partial charge in [-0.1, -0.05) is 4.32 Å². The molecular formula is C7H7N2S2-. The van der Waals surface area contributed by atoms with E-state index >= 15 is 0 Å². The highest BCUT2D eigenvalue weighted by molar-refractivity contribution is 8.00. The van der Waals surface area contributed by atoms with E-state index in [1.54, 1.807) is 17.3 Å². The van der Waals surface area contributed by atoms with Crippen molar-refractivity contribution in [1.29, 1.82) is 0 Å². The van der Waals surface area contributed by atoms with Crippen LogP contribution in [0.2, 0.25) is 0 Å². The van der Waals surface area contributed by atoms with Crippen molar-refractivity contribution >= 4 is 34.9 Å². The van der Waals surface area contributed by atoms with Gasteiger partial charge in [-0.25, -0.2) is 0 Å². The van der Waals surface area contributed by atoms with Crippen LogP contribution in [0.5, 0.6) is 0 Å². The molecule has 0 aromatic carbocycles. The van der Waals surface area contributed by atoms with Crippen molar-refractivity contribution < 1.29 is 0 Å². The summed E-state index contributed by atoms with van der Waals surface area (Å²) in [5.41, 5.74) is 0.972. The summed E-state index contributed by atoms with van der Waals surface area (Å²) in [5, 5.41) is 0. The summed E-state index contributed by atoms with van der Waals surface area (Å²) < 4.78 is 0.441. The molecule has 1 rings (SSSR count). The van der Waals surface area contributed by atoms with Crippen LogP contribution in [-0.4, -0.2) is 16.4 Å². The first-order chi connectivity index (χ1) is 5.22. The lowest BCUT2D eigenvalue weighted by Crippen LogP contribution is -2.21. The van der Waals surface area contributed by atoms with Crippen LogP contribution in [0.1, 0.15) is 0 Å². The molecule has 4 heteroatoms. The zero-order chi connectivity index (χ0) is 8.27. The molecule has 1 heterocycles. The maximum atomic E-state index is 4.82. The Hall–Kier alpha value is -0.740. The molecule has 58 valence electrons. The first kappa shape index (κ1) is 8.36. The SMILES string of the molecule is CN(C(=S)[S-])c1ccncc1. The van der Waals surface area contributed by atoms with Gasteiger partial charge in [0.1, 0.15) is 0 Å². The molecule has 0 unspecified atom stereocenters. The minimum absolute atomic E-state index is 0.441. The zero-order valence-corrected chi connectivity index (χ0v) is 7.65. The smallest absolute Gasteiger partial charge is 0.0425 e. The normalized spacial score (nSPS) is 9.18. The van der Waals surface area contributed by atoms with Gasteiger partial charge in [-0.05, 0) is 12.1 Å². The molecule has 11 heavy (non-hydrogen) atoms. The monoisotopic (exact) mass is 183 g/mol. The number of hydrogen-bond donors (Lipinski definition) is 0. The number of aromatic nitrogens is 1. The van der Waals surface area contributed by atoms with E-state index in [-0.39, 0.29) is 0 Å². The molecule has 1 aromatic heterocycles. The number of thiocarbonyl (C=S) groups is 1. The van der Waals surface area contributed by atoms with E-state index in [4.69, 9.17) is 24.8 Å². The molecule has 0 aliphatic rings. The van der Waals surface area contributed by atoms with Crippen molar-refractivity contribution in [2.45, 2.75) is 0 Å². The van der Waals surface area contributed by atoms with Gasteiger partial charge in [-0.15, -0.1) is 0 Å². The van der Waals surface area contributed by atoms with Crippen molar-refractivity contribution in [2.24, 2.45) is 0 Å². The van der Waals surface area contributed by atoms with E-state index in [2.05, 4.69) is 4.98 Å². The maximum absolute atomic E-state index is 4.82. The number of hydrogen-bond acceptors (Lipinski definition) is 3. The third-order valence-electron chi connectivity index (χ3n) is 1.32. The first-order valence-corrected chi connectivity index (χ1v) is 3.88. The number of nitrogens with zero attached hydrogens (tertiary/aromatic N) is 2. The lowest BCUT2D eigenvalue weighted by Gasteiger charge is -2.22. The first-order valence-electron chi connectivity index (χ1n) is 3.06. The minimum Gasteiger partial charge on any atom is -0.411 e. The second kappa shape index (κ2) is 3.59. The molecule has 0 fully saturated rings. The van der Waals surface area contributed by atoms with E-state index in [9.17, 15) is 0 Å². The number of rotatable bonds is 1. The number of pyridine rings is 1. The van der Waals surface area contributed by atoms with Gasteiger partial charge in [0, 0.05) is 25.1 Å². The van der Waals surface area contributed by atoms with Gasteiger partial charge >= 0.3 is 0 Å². The molecule has 0 aliphatic heterocycles. The van der Waals surface area contributed by atoms with Gasteiger partial charge in [-0.2, -0.15) is 0 Å². The van der Waals surface area contributed by atoms with Crippen LogP contribution >= 0.6 is 12.2 Å². The predicted molar refractivity (Wildman–Crippen MR) is 52.6 cm³/mol. The maximum Gasteiger partial charge on any atom is 0.0425 e. The van der Waals surface area contributed by atoms with E-state index in [1.807, 2.05) is 19.2 Å². The van der Waals surface area contributed by atoms with Crippen LogP contribution in [-0.2, 0) is 12.6 Å². The van der Waals surface area contributed by atoms with E-state index in [0.29, 0.717) is 4.32 Å². The largest absolute Gasteiger partial charge is 0.411 e. The van der Waals surface area contributed by atoms with Crippen molar-refractivity contribution in [1.82, 2.24) is 4.98 Å². The zero-order valence-electron chi connectivity index (χ0n) is 6.02. The van der Waals surface area contributed by atoms with Crippen LogP contribution in [0, 0.1) is 0 Å². The fraction of sp³-hybridized carbons (Fsp3) is 0.143. The fourth-order valence-corrected chi connectivity index (χ4v) is 0.884. The highest BCUT2D eigenvalue weighted by Gasteiger charge is 1.94. The Balaban J connectivity index is 2.85. The van der Waals surface area contributed by atoms with Crippen molar-refractivity contribution in [3.05, 3.63) is 24.5 Å². The highest BCUT2D eigenvalue weighted by atomic mass is 32.1. The lowest BCUT2D eigenvalue weighted by atomic mass is 10.4. The summed E-state index contributed by atoms with van der Waals surface area (Å²) in [6, 6.07) is 3.72. The Morgan fingerprint density at radius 1 is 1.55 bits per heavy atom. The van der Waals surface area contributed by atoms with Crippen molar-refractivity contribution in [3.8, 4) is 0 Å². The molecule has 0 amide bonds. The molecule has 1 aromatic rings. The van der Waals surface area contributed by atoms with Gasteiger partial charge < -0.3 is 29.7 Å². The third-order valence-corrected chi connectivity index (χ3v) is 1.87. The van der Waals surface area contributed by atoms with Crippen LogP contribution in [0.3, 0.4) is 0 Å². The van der Waals surface area contributed by atoms with Crippen molar-refractivity contribution in [2.75, 3.05) is 11.9 Å². The molecule has 0 saturated heterocycles. The lowest BCUT2D eigenvalue weighted by molar-refractivity contribution is 1.26. The average molecular weight is 183 g/mol. The molecule has 0 spiro atoms. The van der Waals surface area contributed by atoms with E-state index in [0.717, 1.165) is 5.69 Å². The standard InChI is InChI=1S/C7H8N2S2/c1-9(7(10)11)6-2-4-8-5-3-6/h2-5H,1H3,(H,10,11)/p-1. The fourth-order valence-electron chi connectivity index (χ4n) is 0.673. The second-order valence-electron chi connectivity index (χ2n) is 2.03. The van der Waals surface area contributed by atoms with Gasteiger partial charge in [0.15, 0.2) is 0 Å². The molecule has 0 N–H and O–H groups in total. The van der Waals surface area contributed by atoms with Gasteiger partial charge in [0.25, 0.3) is 0 Å². The molecule has 0 bridgehead atoms. The second-order valence-corrected chi connectivity index (χ2v) is 3.06. The summed E-state index contributed by atoms with van der Waals surface area (Å²) >= 11 is 9.64. The van der Waals surface area contributed by atoms with Crippen molar-refractivity contribution in [3.63, 3.8) is 0 Å². The van der Waals surface area contributed by atoms with Crippen LogP contribution < -0.4 is 4.90 Å². The quantitative estimate of drug-likeness (QED) is 0.482. The Morgan fingerprint density at radius 2 is 2.09 bits per heavy atom. The van der Waals surface area contributed by atoms with Crippen LogP contribution in [0.4, 0.5) is 5.69 Å². The summed E-state index contributed by atoms with van der Waals surface area (Å²) in [5.74, 6) is 0. The molecule has 0 aliphatic carbocycles. The molecule has 2 nitrogen and oxygen atoms in total. The topological polar surface area (TPSA) is 16.1 Å². The summed E-state index contributed by atoms with van der Waals surface area (Å²) in [6.45, 7) is 0. The molecule has 0 radical (unpaired) electrons. The highest BCUT2D eigenvalue weighted by Crippen LogP contribution is 2.09. The Labute approximate surface area is 76.7 Å². The van der Waals surface area contributed by atoms with Crippen LogP contribution in [0.25, 0.3) is 0 Å². The summed E-state index contributed by atoms with van der Waals surface area (Å²) in [7, 11) is 1.84. The van der Waals surface area contributed by atoms with Gasteiger partial charge in [0.2, 0.25) is 0 Å². The van der Waals surface area contributed by atoms with E-state index in [1.165, 1.54) is 0 Å². The minimum atomic E-state index is 0.441. The number of anilines is 1. The summed E-state index contributed by atoms with van der Waals surface area (Å²) in [4.78, 5) is 5.64. The predicted octanol–water partition coefficient (Wildman–Crippen LogP) is 1.35. The molecule has 0 atom stereocenters. The summed E-state index contributed by atoms with van der Waals surface area (Å²) in [6.07, 6.45) is 3.42. The Bertz CT molecular complexity index is 248. The Kier molecular flexibility index (Phi) is 2.73. The third kappa shape index (κ3) is 2.10. The average Bonchev–Trinajstić information content (AvgIpc) is 2.05. The molecule has 0 saturated carbocycles. The van der Waals surface area contributed by atoms with Gasteiger partial charge in [-0.3, -0.25) is 4.98 Å².